The van der Waals surface area contributed by atoms with Crippen LogP contribution in [0.4, 0.5) is 34.6 Å². The van der Waals surface area contributed by atoms with E-state index in [0.29, 0.717) is 18.2 Å². The molecule has 0 aliphatic carbocycles. The van der Waals surface area contributed by atoms with Gasteiger partial charge in [0.25, 0.3) is 10.1 Å². The van der Waals surface area contributed by atoms with E-state index in [1.165, 1.54) is 12.1 Å². The minimum Gasteiger partial charge on any atom is -0.870 e. The monoisotopic (exact) mass is 967 g/mol. The van der Waals surface area contributed by atoms with Crippen molar-refractivity contribution in [2.24, 2.45) is 10.2 Å². The summed E-state index contributed by atoms with van der Waals surface area (Å²) >= 11 is 6.02. The number of hydrogen-bond donors (Lipinski definition) is 3. The Bertz CT molecular complexity index is 2970. The predicted molar refractivity (Wildman–Crippen MR) is 184 cm³/mol. The summed E-state index contributed by atoms with van der Waals surface area (Å²) in [6.45, 7) is 0. The molecule has 0 aliphatic heterocycles. The summed E-state index contributed by atoms with van der Waals surface area (Å²) in [5.74, 6) is -4.38. The molecule has 0 aliphatic rings. The fraction of sp³-hybridized carbons (Fsp3) is 0.0741. The maximum absolute atomic E-state index is 13.9. The van der Waals surface area contributed by atoms with E-state index in [4.69, 9.17) is 11.6 Å². The second-order valence-corrected chi connectivity index (χ2v) is 18.9. The molecule has 3 N–H and O–H groups in total. The van der Waals surface area contributed by atoms with Crippen LogP contribution in [0, 0.1) is 0 Å². The third kappa shape index (κ3) is 15.1. The average Bonchev–Trinajstić information content (AvgIpc) is 3.05. The van der Waals surface area contributed by atoms with Gasteiger partial charge in [0, 0.05) is 11.4 Å². The normalized spacial score (nSPS) is 12.1. The van der Waals surface area contributed by atoms with Crippen molar-refractivity contribution < 1.29 is 184 Å². The second-order valence-electron chi connectivity index (χ2n) is 10.8. The van der Waals surface area contributed by atoms with Crippen LogP contribution in [0.15, 0.2) is 96.5 Å². The van der Waals surface area contributed by atoms with E-state index in [2.05, 4.69) is 35.8 Å². The van der Waals surface area contributed by atoms with Crippen LogP contribution in [0.3, 0.4) is 0 Å². The van der Waals surface area contributed by atoms with E-state index in [-0.39, 0.29) is 136 Å². The summed E-state index contributed by atoms with van der Waals surface area (Å²) in [5, 5.41) is 24.8. The molecule has 1 aromatic heterocycles. The molecule has 0 radical (unpaired) electrons. The Kier molecular flexibility index (Phi) is 20.5. The quantitative estimate of drug-likeness (QED) is 0.0560. The zero-order valence-corrected chi connectivity index (χ0v) is 43.4. The van der Waals surface area contributed by atoms with E-state index in [1.807, 2.05) is 0 Å². The first kappa shape index (κ1) is 56.0. The molecule has 0 bridgehead atoms. The Balaban J connectivity index is 0.00000435. The van der Waals surface area contributed by atoms with Crippen molar-refractivity contribution in [3.63, 3.8) is 0 Å². The number of anilines is 4. The SMILES string of the molecule is O=S(=O)([O-])CCS(=O)(=O)c1ccc(N=Nc2c(S(=O)(=O)O)cc3cc(S(=O)(=O)[O-])cc(Nc4nc(Cl)nc(Nc5ccc(S(=O)(=O)[O-])cc5)n4)c3c2[O-])cc1.[Na+].[Na+].[Na+].[Na+]. The van der Waals surface area contributed by atoms with E-state index >= 15 is 0 Å². The van der Waals surface area contributed by atoms with Crippen LogP contribution in [0.5, 0.6) is 5.75 Å². The summed E-state index contributed by atoms with van der Waals surface area (Å²) in [5.41, 5.74) is -1.65. The maximum atomic E-state index is 13.9. The molecule has 0 unspecified atom stereocenters. The minimum atomic E-state index is -5.33. The number of nitrogens with zero attached hydrogens (tertiary/aromatic N) is 5. The van der Waals surface area contributed by atoms with Gasteiger partial charge in [0.15, 0.2) is 9.84 Å². The van der Waals surface area contributed by atoms with Crippen molar-refractivity contribution in [1.82, 2.24) is 15.0 Å². The van der Waals surface area contributed by atoms with Crippen LogP contribution in [-0.2, 0) is 50.3 Å². The molecule has 0 fully saturated rings. The summed E-state index contributed by atoms with van der Waals surface area (Å²) in [7, 11) is -24.5. The molecule has 5 aromatic rings. The Hall–Kier alpha value is -0.970. The average molecular weight is 968 g/mol. The fourth-order valence-electron chi connectivity index (χ4n) is 4.55. The minimum absolute atomic E-state index is 0. The van der Waals surface area contributed by atoms with E-state index in [9.17, 15) is 65.4 Å². The van der Waals surface area contributed by atoms with E-state index in [0.717, 1.165) is 36.4 Å². The van der Waals surface area contributed by atoms with Crippen LogP contribution in [0.1, 0.15) is 0 Å². The Morgan fingerprint density at radius 1 is 0.644 bits per heavy atom. The number of hydrogen-bond acceptors (Lipinski definition) is 21. The van der Waals surface area contributed by atoms with Crippen molar-refractivity contribution in [1.29, 1.82) is 0 Å². The van der Waals surface area contributed by atoms with Crippen molar-refractivity contribution in [2.45, 2.75) is 19.6 Å². The van der Waals surface area contributed by atoms with Gasteiger partial charge in [-0.1, -0.05) is 5.75 Å². The van der Waals surface area contributed by atoms with Gasteiger partial charge in [0.05, 0.1) is 47.7 Å². The largest absolute Gasteiger partial charge is 1.00 e. The number of aromatic nitrogens is 3. The zero-order chi connectivity index (χ0) is 40.7. The molecule has 0 atom stereocenters. The van der Waals surface area contributed by atoms with Gasteiger partial charge < -0.3 is 29.4 Å². The standard InChI is InChI=1S/C27H22ClN7O15S5.4Na/c28-25-31-26(29-15-1-7-18(8-2-15)53(42,43)44)33-27(32-25)30-20-13-19(54(45,46)47)11-14-12-21(55(48,49)50)23(24(36)22(14)20)35-34-16-3-5-17(6-4-16)51(37,38)9-10-52(39,40)41;;;;/h1-8,11-13,36H,9-10H2,(H,39,40,41)(H,42,43,44)(H,45,46,47)(H,48,49,50)(H2,29,30,31,32,33);;;;/q;4*+1/p-4. The van der Waals surface area contributed by atoms with Gasteiger partial charge in [-0.15, -0.1) is 5.11 Å². The Labute approximate surface area is 429 Å². The molecule has 22 nitrogen and oxygen atoms in total. The van der Waals surface area contributed by atoms with Crippen LogP contribution in [-0.4, -0.2) is 86.8 Å². The summed E-state index contributed by atoms with van der Waals surface area (Å²) in [6, 6.07) is 10.2. The number of azo groups is 1. The van der Waals surface area contributed by atoms with Crippen LogP contribution < -0.4 is 134 Å². The van der Waals surface area contributed by atoms with Gasteiger partial charge in [0.2, 0.25) is 17.2 Å². The molecule has 0 amide bonds. The van der Waals surface area contributed by atoms with Crippen molar-refractivity contribution in [3.8, 4) is 5.75 Å². The number of halogens is 1. The first-order valence-corrected chi connectivity index (χ1v) is 22.1. The fourth-order valence-corrected chi connectivity index (χ4v) is 8.85. The van der Waals surface area contributed by atoms with Gasteiger partial charge in [-0.2, -0.15) is 28.5 Å². The molecular formula is C27H18ClN7Na4O15S5. The van der Waals surface area contributed by atoms with Gasteiger partial charge in [0.1, 0.15) is 25.1 Å². The number of rotatable bonds is 13. The molecule has 292 valence electrons. The summed E-state index contributed by atoms with van der Waals surface area (Å²) in [4.78, 5) is 8.53. The number of nitrogens with one attached hydrogen (secondary N) is 2. The topological polar surface area (TPSA) is 371 Å². The predicted octanol–water partition coefficient (Wildman–Crippen LogP) is -9.96. The molecule has 32 heteroatoms. The third-order valence-corrected chi connectivity index (χ3v) is 12.4. The third-order valence-electron chi connectivity index (χ3n) is 6.99. The van der Waals surface area contributed by atoms with Crippen LogP contribution in [0.2, 0.25) is 5.28 Å². The number of fused-ring (bicyclic) bond motifs is 1. The van der Waals surface area contributed by atoms with Gasteiger partial charge >= 0.3 is 118 Å². The molecule has 0 saturated carbocycles. The van der Waals surface area contributed by atoms with Crippen molar-refractivity contribution >= 4 is 107 Å². The Morgan fingerprint density at radius 3 is 1.68 bits per heavy atom. The first-order valence-electron chi connectivity index (χ1n) is 14.2. The smallest absolute Gasteiger partial charge is 0.870 e. The molecule has 5 rings (SSSR count). The van der Waals surface area contributed by atoms with Gasteiger partial charge in [-0.05, 0) is 89.1 Å². The molecular weight excluding hydrogens is 950 g/mol. The van der Waals surface area contributed by atoms with E-state index < -0.39 is 121 Å². The second kappa shape index (κ2) is 21.6. The Morgan fingerprint density at radius 2 is 1.17 bits per heavy atom. The zero-order valence-electron chi connectivity index (χ0n) is 30.6. The number of sulfone groups is 1. The molecule has 0 saturated heterocycles. The maximum Gasteiger partial charge on any atom is 1.00 e. The van der Waals surface area contributed by atoms with E-state index in [1.54, 1.807) is 0 Å². The van der Waals surface area contributed by atoms with Gasteiger partial charge in [-0.25, -0.2) is 33.7 Å². The molecule has 59 heavy (non-hydrogen) atoms. The number of benzene rings is 4. The molecule has 4 aromatic carbocycles. The van der Waals surface area contributed by atoms with Crippen molar-refractivity contribution in [2.75, 3.05) is 22.1 Å². The van der Waals surface area contributed by atoms with Gasteiger partial charge in [-0.3, -0.25) is 4.55 Å². The first-order chi connectivity index (χ1) is 25.3. The molecule has 1 heterocycles. The molecule has 0 spiro atoms. The summed E-state index contributed by atoms with van der Waals surface area (Å²) < 4.78 is 162. The van der Waals surface area contributed by atoms with Crippen molar-refractivity contribution in [3.05, 3.63) is 72.0 Å². The van der Waals surface area contributed by atoms with Crippen LogP contribution in [0.25, 0.3) is 10.8 Å². The summed E-state index contributed by atoms with van der Waals surface area (Å²) in [6.07, 6.45) is 0. The van der Waals surface area contributed by atoms with Crippen LogP contribution >= 0.6 is 11.6 Å².